The molecule has 0 unspecified atom stereocenters. The third-order valence-corrected chi connectivity index (χ3v) is 4.50. The Hall–Kier alpha value is -3.69. The van der Waals surface area contributed by atoms with Crippen molar-refractivity contribution in [2.45, 2.75) is 39.9 Å². The number of carbonyl (C=O) groups is 3. The van der Waals surface area contributed by atoms with Crippen LogP contribution in [0.3, 0.4) is 0 Å². The number of amides is 2. The summed E-state index contributed by atoms with van der Waals surface area (Å²) in [5, 5.41) is 7.23. The highest BCUT2D eigenvalue weighted by atomic mass is 19.4. The van der Waals surface area contributed by atoms with Crippen LogP contribution in [0, 0.1) is 5.41 Å². The number of nitrogens with zero attached hydrogens (tertiary/aromatic N) is 2. The van der Waals surface area contributed by atoms with E-state index < -0.39 is 41.7 Å². The first kappa shape index (κ1) is 26.6. The van der Waals surface area contributed by atoms with E-state index in [1.165, 1.54) is 19.2 Å². The smallest absolute Gasteiger partial charge is 0.416 e. The number of alkyl halides is 3. The van der Waals surface area contributed by atoms with Gasteiger partial charge < -0.3 is 10.1 Å². The predicted octanol–water partition coefficient (Wildman–Crippen LogP) is 4.17. The summed E-state index contributed by atoms with van der Waals surface area (Å²) in [5.74, 6) is -2.14. The first-order valence-electron chi connectivity index (χ1n) is 10.4. The van der Waals surface area contributed by atoms with Crippen LogP contribution in [0.15, 0.2) is 59.7 Å². The summed E-state index contributed by atoms with van der Waals surface area (Å²) in [6, 6.07) is 11.6. The number of benzene rings is 2. The largest absolute Gasteiger partial charge is 0.454 e. The second-order valence-electron chi connectivity index (χ2n) is 8.46. The summed E-state index contributed by atoms with van der Waals surface area (Å²) in [6.07, 6.45) is -3.33. The van der Waals surface area contributed by atoms with Gasteiger partial charge in [0.15, 0.2) is 6.61 Å². The van der Waals surface area contributed by atoms with Gasteiger partial charge >= 0.3 is 12.1 Å². The van der Waals surface area contributed by atoms with E-state index in [0.29, 0.717) is 5.56 Å². The molecule has 1 N–H and O–H groups in total. The molecule has 0 heterocycles. The van der Waals surface area contributed by atoms with Gasteiger partial charge in [0.1, 0.15) is 6.04 Å². The van der Waals surface area contributed by atoms with Crippen molar-refractivity contribution in [1.29, 1.82) is 0 Å². The van der Waals surface area contributed by atoms with E-state index in [4.69, 9.17) is 4.74 Å². The van der Waals surface area contributed by atoms with Crippen molar-refractivity contribution in [2.75, 3.05) is 11.6 Å². The number of anilines is 1. The molecule has 182 valence electrons. The molecule has 0 fully saturated rings. The summed E-state index contributed by atoms with van der Waals surface area (Å²) in [5.41, 5.74) is -1.26. The topological polar surface area (TPSA) is 88.1 Å². The van der Waals surface area contributed by atoms with E-state index >= 15 is 0 Å². The Balaban J connectivity index is 2.20. The molecule has 7 nitrogen and oxygen atoms in total. The number of rotatable bonds is 7. The van der Waals surface area contributed by atoms with Crippen molar-refractivity contribution in [3.05, 3.63) is 65.7 Å². The molecule has 10 heteroatoms. The highest BCUT2D eigenvalue weighted by molar-refractivity contribution is 5.97. The van der Waals surface area contributed by atoms with Gasteiger partial charge in [-0.05, 0) is 30.7 Å². The molecule has 0 aliphatic rings. The Morgan fingerprint density at radius 1 is 1.06 bits per heavy atom. The number of ether oxygens (including phenoxy) is 1. The lowest BCUT2D eigenvalue weighted by Gasteiger charge is -2.22. The highest BCUT2D eigenvalue weighted by Gasteiger charge is 2.32. The van der Waals surface area contributed by atoms with Crippen molar-refractivity contribution in [1.82, 2.24) is 5.32 Å². The molecule has 0 spiro atoms. The van der Waals surface area contributed by atoms with Gasteiger partial charge in [0.2, 0.25) is 5.91 Å². The molecule has 0 aromatic heterocycles. The number of carbonyl (C=O) groups excluding carboxylic acids is 3. The van der Waals surface area contributed by atoms with Crippen LogP contribution in [0.2, 0.25) is 0 Å². The van der Waals surface area contributed by atoms with Crippen molar-refractivity contribution in [3.8, 4) is 0 Å². The van der Waals surface area contributed by atoms with Crippen LogP contribution in [-0.2, 0) is 25.3 Å². The normalized spacial score (nSPS) is 12.8. The maximum atomic E-state index is 13.2. The molecule has 0 aliphatic carbocycles. The van der Waals surface area contributed by atoms with E-state index in [9.17, 15) is 27.6 Å². The summed E-state index contributed by atoms with van der Waals surface area (Å²) in [6.45, 7) is 5.61. The van der Waals surface area contributed by atoms with Gasteiger partial charge in [0.05, 0.1) is 17.5 Å². The summed E-state index contributed by atoms with van der Waals surface area (Å²) in [7, 11) is 0. The van der Waals surface area contributed by atoms with Crippen LogP contribution in [0.4, 0.5) is 18.9 Å². The van der Waals surface area contributed by atoms with Gasteiger partial charge in [-0.25, -0.2) is 4.79 Å². The third kappa shape index (κ3) is 7.72. The minimum Gasteiger partial charge on any atom is -0.454 e. The van der Waals surface area contributed by atoms with Gasteiger partial charge in [0, 0.05) is 5.41 Å². The lowest BCUT2D eigenvalue weighted by Crippen LogP contribution is -2.45. The van der Waals surface area contributed by atoms with Crippen molar-refractivity contribution in [3.63, 3.8) is 0 Å². The minimum absolute atomic E-state index is 0.155. The van der Waals surface area contributed by atoms with E-state index in [-0.39, 0.29) is 11.6 Å². The zero-order chi connectivity index (χ0) is 25.5. The average Bonchev–Trinajstić information content (AvgIpc) is 2.77. The van der Waals surface area contributed by atoms with E-state index in [1.807, 2.05) is 0 Å². The van der Waals surface area contributed by atoms with E-state index in [0.717, 1.165) is 23.2 Å². The lowest BCUT2D eigenvalue weighted by atomic mass is 9.95. The monoisotopic (exact) mass is 477 g/mol. The second kappa shape index (κ2) is 11.0. The Morgan fingerprint density at radius 3 is 2.29 bits per heavy atom. The molecular formula is C24H26F3N3O4. The molecule has 0 aliphatic heterocycles. The first-order valence-corrected chi connectivity index (χ1v) is 10.4. The number of nitrogens with one attached hydrogen (secondary N) is 1. The molecule has 2 aromatic rings. The molecule has 2 amide bonds. The van der Waals surface area contributed by atoms with Crippen molar-refractivity contribution in [2.24, 2.45) is 10.5 Å². The molecule has 0 saturated heterocycles. The number of hydrogen-bond donors (Lipinski definition) is 1. The second-order valence-corrected chi connectivity index (χ2v) is 8.46. The minimum atomic E-state index is -4.62. The number of halogens is 3. The van der Waals surface area contributed by atoms with Crippen LogP contribution in [0.5, 0.6) is 0 Å². The Labute approximate surface area is 195 Å². The molecule has 1 atom stereocenters. The standard InChI is InChI=1S/C24H26F3N3O4/c1-16(29-22(33)23(2,3)4)21(32)34-15-20(31)30(28-14-17-9-6-5-7-10-17)19-12-8-11-18(13-19)24(25,26)27/h5-14,16H,15H2,1-4H3,(H,29,33)/t16-/m1/s1. The van der Waals surface area contributed by atoms with Crippen LogP contribution < -0.4 is 10.3 Å². The van der Waals surface area contributed by atoms with Crippen LogP contribution in [-0.4, -0.2) is 36.6 Å². The maximum Gasteiger partial charge on any atom is 0.416 e. The first-order chi connectivity index (χ1) is 15.8. The van der Waals surface area contributed by atoms with Crippen molar-refractivity contribution >= 4 is 29.7 Å². The summed E-state index contributed by atoms with van der Waals surface area (Å²) >= 11 is 0. The molecule has 0 saturated carbocycles. The fourth-order valence-corrected chi connectivity index (χ4v) is 2.54. The lowest BCUT2D eigenvalue weighted by molar-refractivity contribution is -0.151. The van der Waals surface area contributed by atoms with E-state index in [1.54, 1.807) is 51.1 Å². The van der Waals surface area contributed by atoms with Gasteiger partial charge in [-0.1, -0.05) is 57.2 Å². The average molecular weight is 477 g/mol. The zero-order valence-electron chi connectivity index (χ0n) is 19.2. The Kier molecular flexibility index (Phi) is 8.56. The molecule has 2 aromatic carbocycles. The van der Waals surface area contributed by atoms with Crippen LogP contribution in [0.25, 0.3) is 0 Å². The molecule has 0 radical (unpaired) electrons. The predicted molar refractivity (Wildman–Crippen MR) is 121 cm³/mol. The molecule has 2 rings (SSSR count). The molecule has 34 heavy (non-hydrogen) atoms. The van der Waals surface area contributed by atoms with Gasteiger partial charge in [-0.2, -0.15) is 23.3 Å². The van der Waals surface area contributed by atoms with Crippen LogP contribution >= 0.6 is 0 Å². The SMILES string of the molecule is C[C@@H](NC(=O)C(C)(C)C)C(=O)OCC(=O)N(N=Cc1ccccc1)c1cccc(C(F)(F)F)c1. The van der Waals surface area contributed by atoms with Gasteiger partial charge in [-0.15, -0.1) is 0 Å². The Morgan fingerprint density at radius 2 is 1.71 bits per heavy atom. The van der Waals surface area contributed by atoms with Gasteiger partial charge in [-0.3, -0.25) is 9.59 Å². The molecule has 0 bridgehead atoms. The Bertz CT molecular complexity index is 1050. The fraction of sp³-hybridized carbons (Fsp3) is 0.333. The quantitative estimate of drug-likeness (QED) is 0.368. The van der Waals surface area contributed by atoms with E-state index in [2.05, 4.69) is 10.4 Å². The molecular weight excluding hydrogens is 451 g/mol. The number of esters is 1. The number of hydrazone groups is 1. The van der Waals surface area contributed by atoms with Crippen molar-refractivity contribution < 1.29 is 32.3 Å². The maximum absolute atomic E-state index is 13.2. The third-order valence-electron chi connectivity index (χ3n) is 4.50. The summed E-state index contributed by atoms with van der Waals surface area (Å²) in [4.78, 5) is 37.1. The fourth-order valence-electron chi connectivity index (χ4n) is 2.54. The van der Waals surface area contributed by atoms with Gasteiger partial charge in [0.25, 0.3) is 5.91 Å². The number of hydrogen-bond acceptors (Lipinski definition) is 5. The highest BCUT2D eigenvalue weighted by Crippen LogP contribution is 2.31. The summed E-state index contributed by atoms with van der Waals surface area (Å²) < 4.78 is 44.5. The zero-order valence-corrected chi connectivity index (χ0v) is 19.2. The van der Waals surface area contributed by atoms with Crippen LogP contribution in [0.1, 0.15) is 38.8 Å².